The average Bonchev–Trinajstić information content (AvgIpc) is 3.27. The standard InChI is InChI=1S/C21H32N2O2S/c24-26(25,17-20-10-2-1-3-11-20)23-15-7-13-21(18-23)12-6-14-22(21)16-19-8-4-5-9-19/h1-3,10-11,19H,4-9,12-18H2/t21-/m1/s1. The minimum atomic E-state index is -3.24. The van der Waals surface area contributed by atoms with Gasteiger partial charge in [-0.05, 0) is 56.6 Å². The van der Waals surface area contributed by atoms with Gasteiger partial charge in [-0.25, -0.2) is 8.42 Å². The van der Waals surface area contributed by atoms with E-state index >= 15 is 0 Å². The van der Waals surface area contributed by atoms with Crippen molar-refractivity contribution in [1.82, 2.24) is 9.21 Å². The average molecular weight is 377 g/mol. The zero-order chi connectivity index (χ0) is 18.0. The molecular weight excluding hydrogens is 344 g/mol. The maximum Gasteiger partial charge on any atom is 0.218 e. The second-order valence-electron chi connectivity index (χ2n) is 8.60. The number of hydrogen-bond donors (Lipinski definition) is 0. The first kappa shape index (κ1) is 18.5. The topological polar surface area (TPSA) is 40.6 Å². The second-order valence-corrected chi connectivity index (χ2v) is 10.6. The van der Waals surface area contributed by atoms with Crippen molar-refractivity contribution in [3.05, 3.63) is 35.9 Å². The number of rotatable bonds is 5. The molecule has 3 aliphatic rings. The summed E-state index contributed by atoms with van der Waals surface area (Å²) < 4.78 is 27.9. The Balaban J connectivity index is 1.47. The molecule has 1 atom stereocenters. The van der Waals surface area contributed by atoms with E-state index < -0.39 is 10.0 Å². The molecule has 0 N–H and O–H groups in total. The van der Waals surface area contributed by atoms with Gasteiger partial charge < -0.3 is 0 Å². The van der Waals surface area contributed by atoms with E-state index in [1.54, 1.807) is 4.31 Å². The lowest BCUT2D eigenvalue weighted by atomic mass is 9.87. The van der Waals surface area contributed by atoms with Crippen LogP contribution >= 0.6 is 0 Å². The third kappa shape index (κ3) is 3.85. The van der Waals surface area contributed by atoms with Crippen molar-refractivity contribution in [2.24, 2.45) is 5.92 Å². The summed E-state index contributed by atoms with van der Waals surface area (Å²) in [5, 5.41) is 0. The Bertz CT molecular complexity index is 700. The van der Waals surface area contributed by atoms with E-state index in [1.165, 1.54) is 38.6 Å². The SMILES string of the molecule is O=S(=O)(Cc1ccccc1)N1CCC[C@]2(CCCN2CC2CCCC2)C1. The zero-order valence-electron chi connectivity index (χ0n) is 15.8. The van der Waals surface area contributed by atoms with Crippen LogP contribution in [0, 0.1) is 5.92 Å². The van der Waals surface area contributed by atoms with Crippen molar-refractivity contribution in [1.29, 1.82) is 0 Å². The van der Waals surface area contributed by atoms with Gasteiger partial charge in [0.1, 0.15) is 0 Å². The Morgan fingerprint density at radius 2 is 1.65 bits per heavy atom. The molecule has 0 unspecified atom stereocenters. The molecule has 3 fully saturated rings. The van der Waals surface area contributed by atoms with Crippen LogP contribution in [-0.2, 0) is 15.8 Å². The number of hydrogen-bond acceptors (Lipinski definition) is 3. The quantitative estimate of drug-likeness (QED) is 0.788. The molecule has 0 aromatic heterocycles. The van der Waals surface area contributed by atoms with Gasteiger partial charge in [0.25, 0.3) is 0 Å². The van der Waals surface area contributed by atoms with Crippen LogP contribution in [0.25, 0.3) is 0 Å². The largest absolute Gasteiger partial charge is 0.296 e. The Hall–Kier alpha value is -0.910. The summed E-state index contributed by atoms with van der Waals surface area (Å²) in [7, 11) is -3.24. The van der Waals surface area contributed by atoms with Gasteiger partial charge in [0, 0.05) is 25.2 Å². The van der Waals surface area contributed by atoms with Crippen molar-refractivity contribution < 1.29 is 8.42 Å². The lowest BCUT2D eigenvalue weighted by molar-refractivity contribution is 0.0614. The van der Waals surface area contributed by atoms with Gasteiger partial charge in [0.05, 0.1) is 5.75 Å². The lowest BCUT2D eigenvalue weighted by Crippen LogP contribution is -2.57. The molecule has 2 heterocycles. The molecule has 1 aromatic carbocycles. The number of nitrogens with zero attached hydrogens (tertiary/aromatic N) is 2. The fraction of sp³-hybridized carbons (Fsp3) is 0.714. The van der Waals surface area contributed by atoms with E-state index in [-0.39, 0.29) is 11.3 Å². The first-order valence-corrected chi connectivity index (χ1v) is 12.0. The summed E-state index contributed by atoms with van der Waals surface area (Å²) in [5.74, 6) is 0.966. The Morgan fingerprint density at radius 3 is 2.38 bits per heavy atom. The predicted molar refractivity (Wildman–Crippen MR) is 105 cm³/mol. The van der Waals surface area contributed by atoms with E-state index in [9.17, 15) is 8.42 Å². The molecule has 0 bridgehead atoms. The Labute approximate surface area is 158 Å². The number of likely N-dealkylation sites (tertiary alicyclic amines) is 1. The molecule has 4 nitrogen and oxygen atoms in total. The Morgan fingerprint density at radius 1 is 0.962 bits per heavy atom. The first-order valence-electron chi connectivity index (χ1n) is 10.3. The first-order chi connectivity index (χ1) is 12.6. The van der Waals surface area contributed by atoms with Gasteiger partial charge in [-0.1, -0.05) is 43.2 Å². The van der Waals surface area contributed by atoms with Crippen LogP contribution < -0.4 is 0 Å². The van der Waals surface area contributed by atoms with Crippen LogP contribution in [0.2, 0.25) is 0 Å². The molecule has 1 saturated carbocycles. The normalized spacial score (nSPS) is 28.9. The van der Waals surface area contributed by atoms with E-state index in [4.69, 9.17) is 0 Å². The minimum Gasteiger partial charge on any atom is -0.296 e. The summed E-state index contributed by atoms with van der Waals surface area (Å²) in [4.78, 5) is 2.67. The summed E-state index contributed by atoms with van der Waals surface area (Å²) in [5.41, 5.74) is 0.992. The van der Waals surface area contributed by atoms with Gasteiger partial charge in [-0.3, -0.25) is 4.90 Å². The molecule has 0 amide bonds. The molecule has 2 saturated heterocycles. The monoisotopic (exact) mass is 376 g/mol. The third-order valence-electron chi connectivity index (χ3n) is 6.80. The second kappa shape index (κ2) is 7.61. The fourth-order valence-corrected chi connectivity index (χ4v) is 7.07. The molecule has 2 aliphatic heterocycles. The predicted octanol–water partition coefficient (Wildman–Crippen LogP) is 3.64. The van der Waals surface area contributed by atoms with Crippen LogP contribution in [0.15, 0.2) is 30.3 Å². The highest BCUT2D eigenvalue weighted by molar-refractivity contribution is 7.88. The van der Waals surface area contributed by atoms with Crippen molar-refractivity contribution in [3.63, 3.8) is 0 Å². The van der Waals surface area contributed by atoms with Crippen LogP contribution in [0.1, 0.15) is 56.9 Å². The van der Waals surface area contributed by atoms with Crippen LogP contribution in [0.3, 0.4) is 0 Å². The molecule has 5 heteroatoms. The third-order valence-corrected chi connectivity index (χ3v) is 8.60. The van der Waals surface area contributed by atoms with Crippen LogP contribution in [-0.4, -0.2) is 49.3 Å². The number of benzene rings is 1. The van der Waals surface area contributed by atoms with Crippen LogP contribution in [0.5, 0.6) is 0 Å². The molecular formula is C21H32N2O2S. The maximum absolute atomic E-state index is 13.1. The summed E-state index contributed by atoms with van der Waals surface area (Å²) in [6, 6.07) is 9.61. The molecule has 4 rings (SSSR count). The molecule has 1 aliphatic carbocycles. The van der Waals surface area contributed by atoms with E-state index in [0.29, 0.717) is 13.1 Å². The zero-order valence-corrected chi connectivity index (χ0v) is 16.6. The van der Waals surface area contributed by atoms with Gasteiger partial charge in [-0.15, -0.1) is 0 Å². The highest BCUT2D eigenvalue weighted by atomic mass is 32.2. The van der Waals surface area contributed by atoms with E-state index in [0.717, 1.165) is 37.3 Å². The number of piperidine rings is 1. The van der Waals surface area contributed by atoms with E-state index in [1.807, 2.05) is 30.3 Å². The lowest BCUT2D eigenvalue weighted by Gasteiger charge is -2.46. The number of sulfonamides is 1. The highest BCUT2D eigenvalue weighted by Gasteiger charge is 2.46. The van der Waals surface area contributed by atoms with Crippen molar-refractivity contribution in [2.45, 2.75) is 62.7 Å². The highest BCUT2D eigenvalue weighted by Crippen LogP contribution is 2.40. The fourth-order valence-electron chi connectivity index (χ4n) is 5.43. The smallest absolute Gasteiger partial charge is 0.218 e. The van der Waals surface area contributed by atoms with Gasteiger partial charge in [-0.2, -0.15) is 4.31 Å². The summed E-state index contributed by atoms with van der Waals surface area (Å²) in [6.45, 7) is 3.73. The molecule has 144 valence electrons. The van der Waals surface area contributed by atoms with Crippen molar-refractivity contribution in [3.8, 4) is 0 Å². The minimum absolute atomic E-state index is 0.102. The molecule has 26 heavy (non-hydrogen) atoms. The maximum atomic E-state index is 13.1. The van der Waals surface area contributed by atoms with Gasteiger partial charge >= 0.3 is 0 Å². The molecule has 0 radical (unpaired) electrons. The summed E-state index contributed by atoms with van der Waals surface area (Å²) in [6.07, 6.45) is 10.0. The van der Waals surface area contributed by atoms with Crippen LogP contribution in [0.4, 0.5) is 0 Å². The van der Waals surface area contributed by atoms with Gasteiger partial charge in [0.15, 0.2) is 0 Å². The molecule has 1 spiro atoms. The Kier molecular flexibility index (Phi) is 5.40. The molecule has 1 aromatic rings. The summed E-state index contributed by atoms with van der Waals surface area (Å²) >= 11 is 0. The van der Waals surface area contributed by atoms with Crippen molar-refractivity contribution >= 4 is 10.0 Å². The van der Waals surface area contributed by atoms with E-state index in [2.05, 4.69) is 4.90 Å². The van der Waals surface area contributed by atoms with Crippen molar-refractivity contribution in [2.75, 3.05) is 26.2 Å². The van der Waals surface area contributed by atoms with Gasteiger partial charge in [0.2, 0.25) is 10.0 Å².